The number of benzene rings is 1. The highest BCUT2D eigenvalue weighted by Gasteiger charge is 2.33. The van der Waals surface area contributed by atoms with Crippen LogP contribution >= 0.6 is 11.8 Å². The van der Waals surface area contributed by atoms with Crippen LogP contribution in [0.15, 0.2) is 29.2 Å². The van der Waals surface area contributed by atoms with E-state index >= 15 is 0 Å². The highest BCUT2D eigenvalue weighted by atomic mass is 32.2. The number of piperazine rings is 1. The number of hydrogen-bond acceptors (Lipinski definition) is 5. The number of nitrogens with zero attached hydrogens (tertiary/aromatic N) is 2. The molecule has 7 heteroatoms. The highest BCUT2D eigenvalue weighted by Crippen LogP contribution is 2.26. The SMILES string of the molecule is CCN(C(=O)Sc1ccccc1C)C(C)C1CN(C(=O)OC(C)(C)C)CCN1. The van der Waals surface area contributed by atoms with E-state index < -0.39 is 5.60 Å². The Morgan fingerprint density at radius 1 is 1.36 bits per heavy atom. The minimum Gasteiger partial charge on any atom is -0.444 e. The van der Waals surface area contributed by atoms with Crippen molar-refractivity contribution in [2.24, 2.45) is 0 Å². The van der Waals surface area contributed by atoms with Crippen LogP contribution in [0.2, 0.25) is 0 Å². The molecule has 156 valence electrons. The predicted molar refractivity (Wildman–Crippen MR) is 114 cm³/mol. The molecule has 2 atom stereocenters. The second-order valence-electron chi connectivity index (χ2n) is 8.15. The molecule has 0 radical (unpaired) electrons. The number of amides is 2. The van der Waals surface area contributed by atoms with Gasteiger partial charge in [-0.05, 0) is 64.9 Å². The number of carbonyl (C=O) groups is 2. The summed E-state index contributed by atoms with van der Waals surface area (Å²) >= 11 is 1.26. The topological polar surface area (TPSA) is 61.9 Å². The highest BCUT2D eigenvalue weighted by molar-refractivity contribution is 8.13. The van der Waals surface area contributed by atoms with Gasteiger partial charge in [0.05, 0.1) is 0 Å². The van der Waals surface area contributed by atoms with Gasteiger partial charge in [-0.1, -0.05) is 18.2 Å². The number of ether oxygens (including phenoxy) is 1. The molecule has 1 N–H and O–H groups in total. The van der Waals surface area contributed by atoms with Crippen LogP contribution in [0.1, 0.15) is 40.2 Å². The van der Waals surface area contributed by atoms with Crippen molar-refractivity contribution in [2.45, 2.75) is 64.1 Å². The summed E-state index contributed by atoms with van der Waals surface area (Å²) in [6.07, 6.45) is -0.296. The van der Waals surface area contributed by atoms with Crippen LogP contribution in [-0.2, 0) is 4.74 Å². The standard InChI is InChI=1S/C21H33N3O3S/c1-7-24(20(26)28-18-11-9-8-10-15(18)2)16(3)17-14-23(13-12-22-17)19(25)27-21(4,5)6/h8-11,16-17,22H,7,12-14H2,1-6H3. The van der Waals surface area contributed by atoms with E-state index in [1.165, 1.54) is 11.8 Å². The lowest BCUT2D eigenvalue weighted by Crippen LogP contribution is -2.60. The van der Waals surface area contributed by atoms with Gasteiger partial charge in [-0.25, -0.2) is 4.79 Å². The summed E-state index contributed by atoms with van der Waals surface area (Å²) in [5.74, 6) is 0. The number of likely N-dealkylation sites (N-methyl/N-ethyl adjacent to an activating group) is 1. The van der Waals surface area contributed by atoms with E-state index in [1.807, 2.05) is 70.7 Å². The molecule has 0 aliphatic carbocycles. The summed E-state index contributed by atoms with van der Waals surface area (Å²) in [7, 11) is 0. The average molecular weight is 408 g/mol. The molecule has 0 saturated carbocycles. The first kappa shape index (κ1) is 22.6. The zero-order valence-corrected chi connectivity index (χ0v) is 18.6. The zero-order chi connectivity index (χ0) is 20.9. The van der Waals surface area contributed by atoms with Crippen molar-refractivity contribution in [1.82, 2.24) is 15.1 Å². The van der Waals surface area contributed by atoms with E-state index in [1.54, 1.807) is 4.90 Å². The first-order valence-corrected chi connectivity index (χ1v) is 10.7. The third-order valence-corrected chi connectivity index (χ3v) is 5.88. The number of nitrogens with one attached hydrogen (secondary N) is 1. The van der Waals surface area contributed by atoms with Crippen LogP contribution in [0.4, 0.5) is 9.59 Å². The molecular formula is C21H33N3O3S. The van der Waals surface area contributed by atoms with E-state index in [9.17, 15) is 9.59 Å². The number of aryl methyl sites for hydroxylation is 1. The normalized spacial score (nSPS) is 18.5. The van der Waals surface area contributed by atoms with E-state index in [4.69, 9.17) is 4.74 Å². The molecule has 2 unspecified atom stereocenters. The van der Waals surface area contributed by atoms with Crippen LogP contribution < -0.4 is 5.32 Å². The quantitative estimate of drug-likeness (QED) is 0.761. The first-order chi connectivity index (χ1) is 13.1. The van der Waals surface area contributed by atoms with E-state index in [0.717, 1.165) is 10.5 Å². The number of thioether (sulfide) groups is 1. The maximum atomic E-state index is 12.9. The minimum atomic E-state index is -0.515. The molecule has 2 rings (SSSR count). The van der Waals surface area contributed by atoms with E-state index in [-0.39, 0.29) is 23.4 Å². The van der Waals surface area contributed by atoms with Gasteiger partial charge in [-0.2, -0.15) is 0 Å². The van der Waals surface area contributed by atoms with Gasteiger partial charge in [0.15, 0.2) is 0 Å². The molecule has 28 heavy (non-hydrogen) atoms. The Morgan fingerprint density at radius 3 is 2.64 bits per heavy atom. The molecular weight excluding hydrogens is 374 g/mol. The maximum absolute atomic E-state index is 12.9. The fraction of sp³-hybridized carbons (Fsp3) is 0.619. The second kappa shape index (κ2) is 9.65. The molecule has 1 aromatic carbocycles. The van der Waals surface area contributed by atoms with Crippen molar-refractivity contribution >= 4 is 23.1 Å². The van der Waals surface area contributed by atoms with Gasteiger partial charge in [0.2, 0.25) is 0 Å². The Morgan fingerprint density at radius 2 is 2.04 bits per heavy atom. The van der Waals surface area contributed by atoms with Crippen molar-refractivity contribution in [2.75, 3.05) is 26.2 Å². The fourth-order valence-electron chi connectivity index (χ4n) is 3.22. The van der Waals surface area contributed by atoms with E-state index in [0.29, 0.717) is 26.2 Å². The zero-order valence-electron chi connectivity index (χ0n) is 17.8. The summed E-state index contributed by atoms with van der Waals surface area (Å²) in [5, 5.41) is 3.49. The second-order valence-corrected chi connectivity index (χ2v) is 9.14. The Balaban J connectivity index is 2.03. The molecule has 1 saturated heterocycles. The predicted octanol–water partition coefficient (Wildman–Crippen LogP) is 4.13. The molecule has 1 aromatic rings. The molecule has 1 heterocycles. The molecule has 6 nitrogen and oxygen atoms in total. The molecule has 1 aliphatic heterocycles. The molecule has 0 aromatic heterocycles. The average Bonchev–Trinajstić information content (AvgIpc) is 2.63. The van der Waals surface area contributed by atoms with Gasteiger partial charge in [-0.15, -0.1) is 0 Å². The maximum Gasteiger partial charge on any atom is 0.410 e. The number of rotatable bonds is 4. The van der Waals surface area contributed by atoms with Gasteiger partial charge < -0.3 is 19.9 Å². The minimum absolute atomic E-state index is 0.00244. The number of hydrogen-bond donors (Lipinski definition) is 1. The van der Waals surface area contributed by atoms with Crippen molar-refractivity contribution in [1.29, 1.82) is 0 Å². The lowest BCUT2D eigenvalue weighted by atomic mass is 10.1. The molecule has 1 fully saturated rings. The Kier molecular flexibility index (Phi) is 7.78. The summed E-state index contributed by atoms with van der Waals surface area (Å²) < 4.78 is 5.51. The monoisotopic (exact) mass is 407 g/mol. The molecule has 2 amide bonds. The van der Waals surface area contributed by atoms with Crippen LogP contribution in [0.5, 0.6) is 0 Å². The Labute approximate surface area is 173 Å². The third-order valence-electron chi connectivity index (χ3n) is 4.80. The Hall–Kier alpha value is -1.73. The lowest BCUT2D eigenvalue weighted by Gasteiger charge is -2.40. The lowest BCUT2D eigenvalue weighted by molar-refractivity contribution is 0.0168. The van der Waals surface area contributed by atoms with Crippen LogP contribution in [0.25, 0.3) is 0 Å². The van der Waals surface area contributed by atoms with Crippen LogP contribution in [0, 0.1) is 6.92 Å². The van der Waals surface area contributed by atoms with E-state index in [2.05, 4.69) is 5.32 Å². The summed E-state index contributed by atoms with van der Waals surface area (Å²) in [4.78, 5) is 29.9. The van der Waals surface area contributed by atoms with Gasteiger partial charge in [0, 0.05) is 43.2 Å². The van der Waals surface area contributed by atoms with Crippen molar-refractivity contribution in [3.63, 3.8) is 0 Å². The van der Waals surface area contributed by atoms with Crippen LogP contribution in [-0.4, -0.2) is 65.0 Å². The molecule has 0 bridgehead atoms. The largest absolute Gasteiger partial charge is 0.444 e. The third kappa shape index (κ3) is 6.14. The van der Waals surface area contributed by atoms with Crippen LogP contribution in [0.3, 0.4) is 0 Å². The van der Waals surface area contributed by atoms with Crippen molar-refractivity contribution < 1.29 is 14.3 Å². The smallest absolute Gasteiger partial charge is 0.410 e. The summed E-state index contributed by atoms with van der Waals surface area (Å²) in [5.41, 5.74) is 0.579. The number of carbonyl (C=O) groups excluding carboxylic acids is 2. The Bertz CT molecular complexity index is 690. The summed E-state index contributed by atoms with van der Waals surface area (Å²) in [6.45, 7) is 14.1. The van der Waals surface area contributed by atoms with Gasteiger partial charge in [0.25, 0.3) is 5.24 Å². The summed E-state index contributed by atoms with van der Waals surface area (Å²) in [6, 6.07) is 7.86. The van der Waals surface area contributed by atoms with Crippen molar-refractivity contribution in [3.05, 3.63) is 29.8 Å². The molecule has 0 spiro atoms. The first-order valence-electron chi connectivity index (χ1n) is 9.87. The van der Waals surface area contributed by atoms with Crippen molar-refractivity contribution in [3.8, 4) is 0 Å². The van der Waals surface area contributed by atoms with Gasteiger partial charge >= 0.3 is 6.09 Å². The molecule has 1 aliphatic rings. The van der Waals surface area contributed by atoms with Gasteiger partial charge in [-0.3, -0.25) is 4.79 Å². The van der Waals surface area contributed by atoms with Gasteiger partial charge in [0.1, 0.15) is 5.60 Å². The fourth-order valence-corrected chi connectivity index (χ4v) is 4.19.